The third-order valence-corrected chi connectivity index (χ3v) is 14.5. The normalized spacial score (nSPS) is 15.2. The van der Waals surface area contributed by atoms with Crippen LogP contribution in [0.25, 0.3) is 0 Å². The fourth-order valence-corrected chi connectivity index (χ4v) is 12.5. The first-order chi connectivity index (χ1) is 23.3. The van der Waals surface area contributed by atoms with Crippen molar-refractivity contribution in [1.29, 1.82) is 0 Å². The molecule has 0 spiro atoms. The Morgan fingerprint density at radius 3 is 1.81 bits per heavy atom. The fourth-order valence-electron chi connectivity index (χ4n) is 6.75. The quantitative estimate of drug-likeness (QED) is 0.0289. The molecule has 5 aromatic rings. The predicted octanol–water partition coefficient (Wildman–Crippen LogP) is 6.41. The van der Waals surface area contributed by atoms with Gasteiger partial charge >= 0.3 is 286 Å². The van der Waals surface area contributed by atoms with Crippen molar-refractivity contribution < 1.29 is 19.2 Å². The molecule has 1 aliphatic heterocycles. The van der Waals surface area contributed by atoms with E-state index in [1.807, 2.05) is 122 Å². The fraction of sp³-hybridized carbons (Fsp3) is 0.154. The predicted molar refractivity (Wildman–Crippen MR) is 196 cm³/mol. The average Bonchev–Trinajstić information content (AvgIpc) is 3.12. The van der Waals surface area contributed by atoms with E-state index in [0.717, 1.165) is 31.9 Å². The molecule has 242 valence electrons. The van der Waals surface area contributed by atoms with E-state index >= 15 is 0 Å². The van der Waals surface area contributed by atoms with Crippen LogP contribution in [-0.2, 0) is 20.9 Å². The second-order valence-corrected chi connectivity index (χ2v) is 16.3. The first-order valence-corrected chi connectivity index (χ1v) is 18.3. The van der Waals surface area contributed by atoms with Crippen LogP contribution in [0.2, 0.25) is 0 Å². The summed E-state index contributed by atoms with van der Waals surface area (Å²) >= 11 is 5.96. The molecule has 9 heteroatoms. The van der Waals surface area contributed by atoms with E-state index in [0.29, 0.717) is 12.0 Å². The van der Waals surface area contributed by atoms with Gasteiger partial charge in [-0.1, -0.05) is 0 Å². The van der Waals surface area contributed by atoms with Gasteiger partial charge in [0.2, 0.25) is 0 Å². The van der Waals surface area contributed by atoms with E-state index in [2.05, 4.69) is 0 Å². The van der Waals surface area contributed by atoms with Gasteiger partial charge in [-0.15, -0.1) is 0 Å². The average molecular weight is 675 g/mol. The van der Waals surface area contributed by atoms with Crippen LogP contribution < -0.4 is 15.9 Å². The number of hydrogen-bond acceptors (Lipinski definition) is 6. The van der Waals surface area contributed by atoms with Gasteiger partial charge in [-0.25, -0.2) is 0 Å². The molecule has 6 rings (SSSR count). The maximum atomic E-state index is 14.9. The van der Waals surface area contributed by atoms with Gasteiger partial charge in [0.25, 0.3) is 0 Å². The summed E-state index contributed by atoms with van der Waals surface area (Å²) in [5.74, 6) is -1.64. The summed E-state index contributed by atoms with van der Waals surface area (Å²) < 4.78 is 6.12. The first-order valence-electron chi connectivity index (χ1n) is 15.8. The summed E-state index contributed by atoms with van der Waals surface area (Å²) in [5, 5.41) is 14.1. The molecule has 7 nitrogen and oxygen atoms in total. The number of carbonyl (C=O) groups is 2. The number of ether oxygens (including phenoxy) is 1. The van der Waals surface area contributed by atoms with E-state index in [9.17, 15) is 19.7 Å². The molecular formula is C39H35N2O5PS. The molecule has 0 aliphatic carbocycles. The molecule has 48 heavy (non-hydrogen) atoms. The number of non-ortho nitro benzene ring substituents is 1. The van der Waals surface area contributed by atoms with E-state index in [4.69, 9.17) is 17.0 Å². The van der Waals surface area contributed by atoms with Gasteiger partial charge in [0.05, 0.1) is 0 Å². The third-order valence-electron chi connectivity index (χ3n) is 9.09. The van der Waals surface area contributed by atoms with Crippen LogP contribution in [0.5, 0.6) is 0 Å². The number of thiocarbonyl (C=S) groups is 1. The van der Waals surface area contributed by atoms with E-state index < -0.39 is 23.9 Å². The standard InChI is InChI=1S/C39H35N2O5PS/c1-28-13-11-12-20-35(28)36(48)25-31-26-37(42)40(31)38(39(43)46-27-29-21-23-30(24-22-29)41(44)45)47(32-14-5-2-6-15-32,33-16-7-3-8-17-33)34-18-9-4-10-19-34/h2-24,31,38,47H,25-27H2,1H3. The Kier molecular flexibility index (Phi) is 9.85. The van der Waals surface area contributed by atoms with Gasteiger partial charge in [-0.05, 0) is 0 Å². The number of nitro benzene ring substituents is 1. The van der Waals surface area contributed by atoms with E-state index in [1.165, 1.54) is 12.1 Å². The second kappa shape index (κ2) is 14.4. The topological polar surface area (TPSA) is 89.8 Å². The van der Waals surface area contributed by atoms with Crippen LogP contribution in [0.3, 0.4) is 0 Å². The molecule has 2 atom stereocenters. The number of likely N-dealkylation sites (tertiary alicyclic amines) is 1. The summed E-state index contributed by atoms with van der Waals surface area (Å²) in [6.07, 6.45) is 0.696. The number of β-lactam (4-membered cyclic amide) rings is 1. The molecule has 1 heterocycles. The minimum atomic E-state index is -3.44. The van der Waals surface area contributed by atoms with Crippen LogP contribution in [-0.4, -0.2) is 38.4 Å². The summed E-state index contributed by atoms with van der Waals surface area (Å²) in [7, 11) is -3.44. The molecule has 0 radical (unpaired) electrons. The number of aryl methyl sites for hydroxylation is 1. The van der Waals surface area contributed by atoms with Gasteiger partial charge in [-0.3, -0.25) is 0 Å². The molecular weight excluding hydrogens is 639 g/mol. The molecule has 0 N–H and O–H groups in total. The minimum absolute atomic E-state index is 0.0507. The monoisotopic (exact) mass is 674 g/mol. The molecule has 1 aliphatic rings. The third kappa shape index (κ3) is 6.42. The zero-order valence-corrected chi connectivity index (χ0v) is 28.2. The molecule has 0 saturated carbocycles. The van der Waals surface area contributed by atoms with Gasteiger partial charge in [-0.2, -0.15) is 0 Å². The first kappa shape index (κ1) is 32.9. The second-order valence-electron chi connectivity index (χ2n) is 11.9. The molecule has 1 amide bonds. The zero-order chi connectivity index (χ0) is 33.7. The summed E-state index contributed by atoms with van der Waals surface area (Å²) in [6.45, 7) is 1.91. The number of nitro groups is 1. The number of amides is 1. The Balaban J connectivity index is 1.50. The van der Waals surface area contributed by atoms with Crippen LogP contribution in [0.4, 0.5) is 5.69 Å². The van der Waals surface area contributed by atoms with Crippen LogP contribution in [0, 0.1) is 17.0 Å². The molecule has 0 aromatic heterocycles. The van der Waals surface area contributed by atoms with Gasteiger partial charge in [0.15, 0.2) is 0 Å². The van der Waals surface area contributed by atoms with Crippen molar-refractivity contribution in [2.24, 2.45) is 0 Å². The molecule has 1 fully saturated rings. The Morgan fingerprint density at radius 2 is 1.33 bits per heavy atom. The van der Waals surface area contributed by atoms with Gasteiger partial charge in [0.1, 0.15) is 0 Å². The summed E-state index contributed by atoms with van der Waals surface area (Å²) in [5.41, 5.74) is 2.57. The van der Waals surface area contributed by atoms with Crippen molar-refractivity contribution in [2.75, 3.05) is 0 Å². The molecule has 1 saturated heterocycles. The summed E-state index contributed by atoms with van der Waals surface area (Å²) in [6, 6.07) is 43.4. The number of rotatable bonds is 12. The van der Waals surface area contributed by atoms with Crippen molar-refractivity contribution in [3.8, 4) is 0 Å². The number of nitrogens with zero attached hydrogens (tertiary/aromatic N) is 2. The summed E-state index contributed by atoms with van der Waals surface area (Å²) in [4.78, 5) is 42.0. The molecule has 0 bridgehead atoms. The Morgan fingerprint density at radius 1 is 0.833 bits per heavy atom. The van der Waals surface area contributed by atoms with E-state index in [-0.39, 0.29) is 30.7 Å². The molecule has 2 unspecified atom stereocenters. The Hall–Kier alpha value is -5.04. The number of hydrogen-bond donors (Lipinski definition) is 0. The van der Waals surface area contributed by atoms with Crippen molar-refractivity contribution in [3.63, 3.8) is 0 Å². The zero-order valence-electron chi connectivity index (χ0n) is 26.4. The maximum absolute atomic E-state index is 14.9. The van der Waals surface area contributed by atoms with Crippen LogP contribution in [0.15, 0.2) is 140 Å². The van der Waals surface area contributed by atoms with Crippen molar-refractivity contribution in [2.45, 2.75) is 38.2 Å². The SMILES string of the molecule is Cc1ccccc1C(=S)CC1CC(=O)N1C(C(=O)OCc1ccc([N+](=O)[O-])cc1)[PH](c1ccccc1)(c1ccccc1)c1ccccc1. The van der Waals surface area contributed by atoms with Crippen molar-refractivity contribution in [1.82, 2.24) is 4.90 Å². The Labute approximate surface area is 285 Å². The van der Waals surface area contributed by atoms with Crippen molar-refractivity contribution >= 4 is 57.8 Å². The van der Waals surface area contributed by atoms with Gasteiger partial charge < -0.3 is 0 Å². The number of benzene rings is 5. The molecule has 5 aromatic carbocycles. The van der Waals surface area contributed by atoms with Crippen LogP contribution in [0.1, 0.15) is 29.5 Å². The number of carbonyl (C=O) groups excluding carboxylic acids is 2. The number of esters is 1. The van der Waals surface area contributed by atoms with Crippen molar-refractivity contribution in [3.05, 3.63) is 166 Å². The van der Waals surface area contributed by atoms with Gasteiger partial charge in [0, 0.05) is 0 Å². The van der Waals surface area contributed by atoms with E-state index in [1.54, 1.807) is 17.0 Å². The Bertz CT molecular complexity index is 1840. The van der Waals surface area contributed by atoms with Crippen LogP contribution >= 0.6 is 19.5 Å².